The Morgan fingerprint density at radius 3 is 2.23 bits per heavy atom. The van der Waals surface area contributed by atoms with Crippen LogP contribution < -0.4 is 10.2 Å². The number of nitrogens with one attached hydrogen (secondary N) is 1. The molecule has 3 atom stereocenters. The van der Waals surface area contributed by atoms with Crippen molar-refractivity contribution < 1.29 is 28.7 Å². The Bertz CT molecular complexity index is 1090. The summed E-state index contributed by atoms with van der Waals surface area (Å²) in [6.07, 6.45) is 3.46. The van der Waals surface area contributed by atoms with E-state index < -0.39 is 40.6 Å². The molecule has 0 radical (unpaired) electrons. The SMILES string of the molecule is CC(C)(C)OC(=O)C1CC2(CC(=O)N(c3ccccc3)C2)CN1C(=O)[C@@H](NC(=O)OC1CCCC1)C(C)(C)C. The van der Waals surface area contributed by atoms with Crippen LogP contribution in [0, 0.1) is 10.8 Å². The van der Waals surface area contributed by atoms with Gasteiger partial charge in [0.15, 0.2) is 0 Å². The van der Waals surface area contributed by atoms with Crippen LogP contribution in [0.5, 0.6) is 0 Å². The fraction of sp³-hybridized carbons (Fsp3) is 0.667. The summed E-state index contributed by atoms with van der Waals surface area (Å²) in [6, 6.07) is 7.64. The molecule has 1 aromatic rings. The summed E-state index contributed by atoms with van der Waals surface area (Å²) in [6.45, 7) is 11.6. The van der Waals surface area contributed by atoms with E-state index in [0.717, 1.165) is 31.4 Å². The van der Waals surface area contributed by atoms with E-state index in [-0.39, 0.29) is 30.9 Å². The first kappa shape index (κ1) is 28.9. The van der Waals surface area contributed by atoms with E-state index >= 15 is 0 Å². The molecule has 0 bridgehead atoms. The molecule has 3 aliphatic rings. The molecule has 3 amide bonds. The average molecular weight is 542 g/mol. The minimum atomic E-state index is -0.922. The van der Waals surface area contributed by atoms with Gasteiger partial charge in [-0.05, 0) is 70.4 Å². The average Bonchev–Trinajstić information content (AvgIpc) is 3.55. The number of hydrogen-bond donors (Lipinski definition) is 1. The van der Waals surface area contributed by atoms with Crippen LogP contribution in [0.4, 0.5) is 10.5 Å². The number of anilines is 1. The topological polar surface area (TPSA) is 105 Å². The lowest BCUT2D eigenvalue weighted by Crippen LogP contribution is -2.57. The molecule has 9 heteroatoms. The monoisotopic (exact) mass is 541 g/mol. The first-order valence-corrected chi connectivity index (χ1v) is 14.0. The van der Waals surface area contributed by atoms with E-state index in [9.17, 15) is 19.2 Å². The van der Waals surface area contributed by atoms with E-state index in [4.69, 9.17) is 9.47 Å². The molecule has 2 unspecified atom stereocenters. The second-order valence-corrected chi connectivity index (χ2v) is 13.5. The van der Waals surface area contributed by atoms with Gasteiger partial charge in [0.1, 0.15) is 23.8 Å². The molecular formula is C30H43N3O6. The highest BCUT2D eigenvalue weighted by atomic mass is 16.6. The molecular weight excluding hydrogens is 498 g/mol. The van der Waals surface area contributed by atoms with Crippen LogP contribution in [0.3, 0.4) is 0 Å². The zero-order valence-electron chi connectivity index (χ0n) is 24.1. The molecule has 1 aliphatic carbocycles. The summed E-state index contributed by atoms with van der Waals surface area (Å²) in [5.41, 5.74) is -1.20. The molecule has 3 fully saturated rings. The van der Waals surface area contributed by atoms with Gasteiger partial charge in [-0.25, -0.2) is 9.59 Å². The number of nitrogens with zero attached hydrogens (tertiary/aromatic N) is 2. The van der Waals surface area contributed by atoms with Crippen LogP contribution >= 0.6 is 0 Å². The van der Waals surface area contributed by atoms with Gasteiger partial charge in [0.05, 0.1) is 0 Å². The number of likely N-dealkylation sites (tertiary alicyclic amines) is 1. The van der Waals surface area contributed by atoms with Crippen molar-refractivity contribution in [1.29, 1.82) is 0 Å². The van der Waals surface area contributed by atoms with Crippen molar-refractivity contribution in [3.63, 3.8) is 0 Å². The molecule has 1 N–H and O–H groups in total. The number of ether oxygens (including phenoxy) is 2. The van der Waals surface area contributed by atoms with Gasteiger partial charge in [0.25, 0.3) is 0 Å². The van der Waals surface area contributed by atoms with Crippen molar-refractivity contribution >= 4 is 29.6 Å². The number of benzene rings is 1. The molecule has 4 rings (SSSR count). The van der Waals surface area contributed by atoms with Crippen molar-refractivity contribution in [2.24, 2.45) is 10.8 Å². The van der Waals surface area contributed by atoms with Gasteiger partial charge < -0.3 is 24.6 Å². The summed E-state index contributed by atoms with van der Waals surface area (Å²) in [5, 5.41) is 2.81. The maximum absolute atomic E-state index is 14.2. The summed E-state index contributed by atoms with van der Waals surface area (Å²) >= 11 is 0. The Hall–Kier alpha value is -3.10. The first-order valence-electron chi connectivity index (χ1n) is 14.0. The van der Waals surface area contributed by atoms with Gasteiger partial charge in [-0.3, -0.25) is 9.59 Å². The van der Waals surface area contributed by atoms with Crippen molar-refractivity contribution in [3.8, 4) is 0 Å². The van der Waals surface area contributed by atoms with E-state index in [1.54, 1.807) is 25.7 Å². The van der Waals surface area contributed by atoms with Crippen LogP contribution in [-0.4, -0.2) is 65.7 Å². The largest absolute Gasteiger partial charge is 0.458 e. The molecule has 2 aliphatic heterocycles. The fourth-order valence-corrected chi connectivity index (χ4v) is 5.97. The summed E-state index contributed by atoms with van der Waals surface area (Å²) in [5.74, 6) is -0.909. The number of alkyl carbamates (subject to hydrolysis) is 1. The molecule has 1 aromatic carbocycles. The fourth-order valence-electron chi connectivity index (χ4n) is 5.97. The van der Waals surface area contributed by atoms with E-state index in [0.29, 0.717) is 13.0 Å². The summed E-state index contributed by atoms with van der Waals surface area (Å²) in [7, 11) is 0. The molecule has 214 valence electrons. The highest BCUT2D eigenvalue weighted by Gasteiger charge is 2.56. The number of esters is 1. The third-order valence-electron chi connectivity index (χ3n) is 7.81. The van der Waals surface area contributed by atoms with Gasteiger partial charge in [-0.2, -0.15) is 0 Å². The quantitative estimate of drug-likeness (QED) is 0.553. The van der Waals surface area contributed by atoms with Gasteiger partial charge in [-0.15, -0.1) is 0 Å². The highest BCUT2D eigenvalue weighted by molar-refractivity contribution is 5.97. The van der Waals surface area contributed by atoms with Crippen LogP contribution in [0.1, 0.15) is 80.1 Å². The molecule has 2 heterocycles. The molecule has 2 saturated heterocycles. The Labute approximate surface area is 231 Å². The van der Waals surface area contributed by atoms with Crippen LogP contribution in [-0.2, 0) is 23.9 Å². The van der Waals surface area contributed by atoms with Crippen LogP contribution in [0.25, 0.3) is 0 Å². The Morgan fingerprint density at radius 1 is 1.00 bits per heavy atom. The summed E-state index contributed by atoms with van der Waals surface area (Å²) in [4.78, 5) is 56.9. The molecule has 39 heavy (non-hydrogen) atoms. The van der Waals surface area contributed by atoms with E-state index in [2.05, 4.69) is 5.32 Å². The van der Waals surface area contributed by atoms with Crippen molar-refractivity contribution in [2.75, 3.05) is 18.0 Å². The lowest BCUT2D eigenvalue weighted by molar-refractivity contribution is -0.164. The lowest BCUT2D eigenvalue weighted by atomic mass is 9.84. The van der Waals surface area contributed by atoms with Gasteiger partial charge in [0, 0.05) is 30.6 Å². The second kappa shape index (κ2) is 10.8. The molecule has 1 saturated carbocycles. The number of hydrogen-bond acceptors (Lipinski definition) is 6. The smallest absolute Gasteiger partial charge is 0.408 e. The zero-order chi connectivity index (χ0) is 28.6. The first-order chi connectivity index (χ1) is 18.2. The van der Waals surface area contributed by atoms with Crippen molar-refractivity contribution in [2.45, 2.75) is 104 Å². The third kappa shape index (κ3) is 6.73. The predicted octanol–water partition coefficient (Wildman–Crippen LogP) is 4.44. The standard InChI is InChI=1S/C30H43N3O6/c1-28(2,3)24(31-27(37)38-21-14-10-11-15-21)25(35)33-19-30(16-22(33)26(36)39-29(4,5)6)17-23(34)32(18-30)20-12-8-7-9-13-20/h7-9,12-13,21-22,24H,10-11,14-19H2,1-6H3,(H,31,37)/t22?,24-,30?/m1/s1. The van der Waals surface area contributed by atoms with Crippen molar-refractivity contribution in [3.05, 3.63) is 30.3 Å². The Morgan fingerprint density at radius 2 is 1.64 bits per heavy atom. The van der Waals surface area contributed by atoms with Gasteiger partial charge in [-0.1, -0.05) is 39.0 Å². The normalized spacial score (nSPS) is 24.8. The minimum absolute atomic E-state index is 0.0379. The van der Waals surface area contributed by atoms with Crippen LogP contribution in [0.15, 0.2) is 30.3 Å². The third-order valence-corrected chi connectivity index (χ3v) is 7.81. The number of amides is 3. The second-order valence-electron chi connectivity index (χ2n) is 13.5. The Kier molecular flexibility index (Phi) is 8.01. The number of carbonyl (C=O) groups is 4. The molecule has 9 nitrogen and oxygen atoms in total. The van der Waals surface area contributed by atoms with Gasteiger partial charge >= 0.3 is 12.1 Å². The summed E-state index contributed by atoms with van der Waals surface area (Å²) < 4.78 is 11.3. The van der Waals surface area contributed by atoms with Gasteiger partial charge in [0.2, 0.25) is 11.8 Å². The maximum atomic E-state index is 14.2. The molecule has 1 spiro atoms. The minimum Gasteiger partial charge on any atom is -0.458 e. The van der Waals surface area contributed by atoms with E-state index in [1.807, 2.05) is 51.1 Å². The van der Waals surface area contributed by atoms with Crippen molar-refractivity contribution in [1.82, 2.24) is 10.2 Å². The predicted molar refractivity (Wildman–Crippen MR) is 147 cm³/mol. The number of rotatable bonds is 5. The zero-order valence-corrected chi connectivity index (χ0v) is 24.1. The Balaban J connectivity index is 1.59. The van der Waals surface area contributed by atoms with E-state index in [1.165, 1.54) is 4.90 Å². The lowest BCUT2D eigenvalue weighted by Gasteiger charge is -2.36. The highest BCUT2D eigenvalue weighted by Crippen LogP contribution is 2.45. The number of para-hydroxylation sites is 1. The van der Waals surface area contributed by atoms with Crippen LogP contribution in [0.2, 0.25) is 0 Å². The maximum Gasteiger partial charge on any atom is 0.408 e. The number of carbonyl (C=O) groups excluding carboxylic acids is 4. The molecule has 0 aromatic heterocycles.